The number of nitrogens with one attached hydrogen (secondary N) is 1. The first-order valence-corrected chi connectivity index (χ1v) is 6.34. The number of alkyl halides is 3. The Hall–Kier alpha value is -1.23. The first-order chi connectivity index (χ1) is 8.78. The highest BCUT2D eigenvalue weighted by atomic mass is 19.4. The first kappa shape index (κ1) is 15.8. The number of halogens is 3. The van der Waals surface area contributed by atoms with Crippen molar-refractivity contribution < 1.29 is 17.9 Å². The normalized spacial score (nSPS) is 13.6. The van der Waals surface area contributed by atoms with E-state index in [1.807, 2.05) is 45.0 Å². The third kappa shape index (κ3) is 6.47. The summed E-state index contributed by atoms with van der Waals surface area (Å²) in [6.45, 7) is 5.65. The van der Waals surface area contributed by atoms with Crippen LogP contribution in [0, 0.1) is 0 Å². The van der Waals surface area contributed by atoms with Crippen LogP contribution in [0.5, 0.6) is 5.75 Å². The molecule has 5 heteroatoms. The molecule has 0 radical (unpaired) electrons. The summed E-state index contributed by atoms with van der Waals surface area (Å²) in [5.74, 6) is 0.765. The number of benzene rings is 1. The molecule has 2 nitrogen and oxygen atoms in total. The van der Waals surface area contributed by atoms with Gasteiger partial charge in [-0.05, 0) is 38.5 Å². The molecule has 1 atom stereocenters. The molecule has 1 unspecified atom stereocenters. The Kier molecular flexibility index (Phi) is 5.66. The summed E-state index contributed by atoms with van der Waals surface area (Å²) in [6, 6.07) is 7.27. The zero-order valence-electron chi connectivity index (χ0n) is 11.4. The van der Waals surface area contributed by atoms with Crippen LogP contribution in [-0.2, 0) is 0 Å². The van der Waals surface area contributed by atoms with Gasteiger partial charge in [0.1, 0.15) is 5.75 Å². The van der Waals surface area contributed by atoms with E-state index in [2.05, 4.69) is 5.32 Å². The zero-order valence-corrected chi connectivity index (χ0v) is 11.4. The predicted molar refractivity (Wildman–Crippen MR) is 69.3 cm³/mol. The van der Waals surface area contributed by atoms with E-state index in [0.29, 0.717) is 0 Å². The van der Waals surface area contributed by atoms with Crippen molar-refractivity contribution >= 4 is 0 Å². The summed E-state index contributed by atoms with van der Waals surface area (Å²) < 4.78 is 41.6. The minimum atomic E-state index is -4.11. The smallest absolute Gasteiger partial charge is 0.390 e. The molecule has 1 N–H and O–H groups in total. The second-order valence-electron chi connectivity index (χ2n) is 4.78. The highest BCUT2D eigenvalue weighted by molar-refractivity contribution is 5.29. The van der Waals surface area contributed by atoms with Gasteiger partial charge in [-0.25, -0.2) is 0 Å². The quantitative estimate of drug-likeness (QED) is 0.844. The summed E-state index contributed by atoms with van der Waals surface area (Å²) in [7, 11) is 0. The molecule has 0 aliphatic rings. The molecular weight excluding hydrogens is 255 g/mol. The number of hydrogen-bond acceptors (Lipinski definition) is 2. The van der Waals surface area contributed by atoms with Gasteiger partial charge in [-0.2, -0.15) is 13.2 Å². The molecule has 19 heavy (non-hydrogen) atoms. The van der Waals surface area contributed by atoms with Crippen LogP contribution in [0.3, 0.4) is 0 Å². The maximum atomic E-state index is 12.0. The van der Waals surface area contributed by atoms with E-state index in [0.717, 1.165) is 11.3 Å². The van der Waals surface area contributed by atoms with Gasteiger partial charge in [0.2, 0.25) is 0 Å². The average molecular weight is 275 g/mol. The Morgan fingerprint density at radius 1 is 1.11 bits per heavy atom. The van der Waals surface area contributed by atoms with Gasteiger partial charge in [0.15, 0.2) is 0 Å². The van der Waals surface area contributed by atoms with Crippen LogP contribution in [0.4, 0.5) is 13.2 Å². The second-order valence-corrected chi connectivity index (χ2v) is 4.78. The molecule has 0 spiro atoms. The van der Waals surface area contributed by atoms with Gasteiger partial charge < -0.3 is 10.1 Å². The highest BCUT2D eigenvalue weighted by Gasteiger charge is 2.26. The zero-order chi connectivity index (χ0) is 14.5. The van der Waals surface area contributed by atoms with Crippen LogP contribution in [-0.4, -0.2) is 18.8 Å². The summed E-state index contributed by atoms with van der Waals surface area (Å²) in [6.07, 6.45) is -4.82. The minimum absolute atomic E-state index is 0.0745. The Morgan fingerprint density at radius 2 is 1.68 bits per heavy atom. The molecule has 0 fully saturated rings. The van der Waals surface area contributed by atoms with Gasteiger partial charge >= 0.3 is 6.18 Å². The first-order valence-electron chi connectivity index (χ1n) is 6.34. The van der Waals surface area contributed by atoms with Crippen molar-refractivity contribution in [1.82, 2.24) is 5.32 Å². The van der Waals surface area contributed by atoms with E-state index in [9.17, 15) is 13.2 Å². The van der Waals surface area contributed by atoms with Crippen LogP contribution in [0.2, 0.25) is 0 Å². The number of ether oxygens (including phenoxy) is 1. The second kappa shape index (κ2) is 6.80. The largest absolute Gasteiger partial charge is 0.491 e. The molecule has 108 valence electrons. The van der Waals surface area contributed by atoms with Gasteiger partial charge in [0, 0.05) is 12.6 Å². The van der Waals surface area contributed by atoms with Crippen LogP contribution in [0.15, 0.2) is 24.3 Å². The molecule has 0 heterocycles. The molecule has 0 saturated carbocycles. The summed E-state index contributed by atoms with van der Waals surface area (Å²) in [5.41, 5.74) is 0.943. The van der Waals surface area contributed by atoms with Crippen molar-refractivity contribution in [3.63, 3.8) is 0 Å². The molecule has 0 amide bonds. The molecule has 0 aliphatic carbocycles. The van der Waals surface area contributed by atoms with Crippen LogP contribution < -0.4 is 10.1 Å². The third-order valence-corrected chi connectivity index (χ3v) is 2.61. The van der Waals surface area contributed by atoms with Gasteiger partial charge in [0.05, 0.1) is 12.5 Å². The van der Waals surface area contributed by atoms with E-state index in [4.69, 9.17) is 4.74 Å². The molecule has 1 aromatic carbocycles. The maximum Gasteiger partial charge on any atom is 0.390 e. The predicted octanol–water partition coefficient (Wildman–Crippen LogP) is 4.08. The lowest BCUT2D eigenvalue weighted by molar-refractivity contribution is -0.133. The molecule has 1 rings (SSSR count). The summed E-state index contributed by atoms with van der Waals surface area (Å²) in [5, 5.41) is 2.85. The Morgan fingerprint density at radius 3 is 2.16 bits per heavy atom. The summed E-state index contributed by atoms with van der Waals surface area (Å²) in [4.78, 5) is 0. The lowest BCUT2D eigenvalue weighted by atomic mass is 10.1. The molecular formula is C14H20F3NO. The van der Waals surface area contributed by atoms with E-state index in [1.165, 1.54) is 0 Å². The Bertz CT molecular complexity index is 373. The minimum Gasteiger partial charge on any atom is -0.491 e. The van der Waals surface area contributed by atoms with E-state index >= 15 is 0 Å². The monoisotopic (exact) mass is 275 g/mol. The molecule has 1 aromatic rings. The average Bonchev–Trinajstić information content (AvgIpc) is 2.27. The topological polar surface area (TPSA) is 21.3 Å². The SMILES string of the molecule is CC(C)Oc1ccc(C(C)NCCC(F)(F)F)cc1. The number of hydrogen-bond donors (Lipinski definition) is 1. The van der Waals surface area contributed by atoms with Crippen LogP contribution in [0.25, 0.3) is 0 Å². The Balaban J connectivity index is 2.46. The molecule has 0 bridgehead atoms. The molecule has 0 aromatic heterocycles. The van der Waals surface area contributed by atoms with Gasteiger partial charge in [-0.15, -0.1) is 0 Å². The number of rotatable bonds is 6. The standard InChI is InChI=1S/C14H20F3NO/c1-10(2)19-13-6-4-12(5-7-13)11(3)18-9-8-14(15,16)17/h4-7,10-11,18H,8-9H2,1-3H3. The lowest BCUT2D eigenvalue weighted by Gasteiger charge is -2.16. The van der Waals surface area contributed by atoms with Crippen molar-refractivity contribution in [1.29, 1.82) is 0 Å². The molecule has 0 aliphatic heterocycles. The third-order valence-electron chi connectivity index (χ3n) is 2.61. The Labute approximate surface area is 112 Å². The fourth-order valence-electron chi connectivity index (χ4n) is 1.66. The van der Waals surface area contributed by atoms with Gasteiger partial charge in [-0.1, -0.05) is 12.1 Å². The van der Waals surface area contributed by atoms with Gasteiger partial charge in [-0.3, -0.25) is 0 Å². The van der Waals surface area contributed by atoms with Crippen molar-refractivity contribution in [2.75, 3.05) is 6.54 Å². The fourth-order valence-corrected chi connectivity index (χ4v) is 1.66. The van der Waals surface area contributed by atoms with Crippen molar-refractivity contribution in [3.8, 4) is 5.75 Å². The summed E-state index contributed by atoms with van der Waals surface area (Å²) >= 11 is 0. The van der Waals surface area contributed by atoms with Crippen molar-refractivity contribution in [2.45, 2.75) is 45.5 Å². The van der Waals surface area contributed by atoms with E-state index < -0.39 is 12.6 Å². The van der Waals surface area contributed by atoms with Crippen molar-refractivity contribution in [3.05, 3.63) is 29.8 Å². The fraction of sp³-hybridized carbons (Fsp3) is 0.571. The van der Waals surface area contributed by atoms with Crippen molar-refractivity contribution in [2.24, 2.45) is 0 Å². The molecule has 0 saturated heterocycles. The van der Waals surface area contributed by atoms with Crippen LogP contribution >= 0.6 is 0 Å². The van der Waals surface area contributed by atoms with Gasteiger partial charge in [0.25, 0.3) is 0 Å². The lowest BCUT2D eigenvalue weighted by Crippen LogP contribution is -2.24. The van der Waals surface area contributed by atoms with E-state index in [1.54, 1.807) is 0 Å². The van der Waals surface area contributed by atoms with Crippen LogP contribution in [0.1, 0.15) is 38.8 Å². The maximum absolute atomic E-state index is 12.0. The highest BCUT2D eigenvalue weighted by Crippen LogP contribution is 2.21. The van der Waals surface area contributed by atoms with E-state index in [-0.39, 0.29) is 18.7 Å².